The van der Waals surface area contributed by atoms with Gasteiger partial charge in [-0.1, -0.05) is 18.2 Å². The van der Waals surface area contributed by atoms with Crippen molar-refractivity contribution in [3.63, 3.8) is 0 Å². The number of ether oxygens (including phenoxy) is 1. The number of benzene rings is 2. The van der Waals surface area contributed by atoms with Crippen molar-refractivity contribution in [1.29, 1.82) is 0 Å². The van der Waals surface area contributed by atoms with Gasteiger partial charge in [-0.05, 0) is 49.2 Å². The van der Waals surface area contributed by atoms with Crippen molar-refractivity contribution in [3.8, 4) is 5.75 Å². The van der Waals surface area contributed by atoms with Gasteiger partial charge in [0, 0.05) is 11.3 Å². The Morgan fingerprint density at radius 1 is 1.07 bits per heavy atom. The van der Waals surface area contributed by atoms with E-state index in [2.05, 4.69) is 15.8 Å². The van der Waals surface area contributed by atoms with Crippen molar-refractivity contribution in [3.05, 3.63) is 59.2 Å². The molecule has 140 valence electrons. The highest BCUT2D eigenvalue weighted by atomic mass is 16.5. The number of carboxylic acid groups (broad SMARTS) is 1. The van der Waals surface area contributed by atoms with E-state index in [0.717, 1.165) is 11.1 Å². The summed E-state index contributed by atoms with van der Waals surface area (Å²) < 4.78 is 5.12. The highest BCUT2D eigenvalue weighted by molar-refractivity contribution is 6.39. The number of para-hydroxylation sites is 1. The van der Waals surface area contributed by atoms with Crippen LogP contribution in [0.15, 0.2) is 47.6 Å². The largest absolute Gasteiger partial charge is 0.481 e. The average Bonchev–Trinajstić information content (AvgIpc) is 2.63. The number of aliphatic carboxylic acids is 1. The lowest BCUT2D eigenvalue weighted by Gasteiger charge is -2.07. The van der Waals surface area contributed by atoms with Gasteiger partial charge in [0.25, 0.3) is 0 Å². The molecule has 8 nitrogen and oxygen atoms in total. The van der Waals surface area contributed by atoms with Crippen LogP contribution in [0.5, 0.6) is 5.75 Å². The summed E-state index contributed by atoms with van der Waals surface area (Å²) in [4.78, 5) is 34.3. The standard InChI is InChI=1S/C19H19N3O5/c1-12-7-8-15(9-13(12)2)21-18(25)19(26)22-20-10-14-5-3-4-6-16(14)27-11-17(23)24/h3-10H,11H2,1-2H3,(H,21,25)(H,22,26)(H,23,24)/b20-10-. The molecule has 0 bridgehead atoms. The second-order valence-electron chi connectivity index (χ2n) is 5.67. The molecule has 0 aliphatic rings. The maximum absolute atomic E-state index is 11.9. The molecular formula is C19H19N3O5. The number of carbonyl (C=O) groups excluding carboxylic acids is 2. The number of rotatable bonds is 6. The van der Waals surface area contributed by atoms with E-state index in [9.17, 15) is 14.4 Å². The van der Waals surface area contributed by atoms with Crippen LogP contribution in [0.4, 0.5) is 5.69 Å². The fourth-order valence-electron chi connectivity index (χ4n) is 2.08. The molecule has 2 rings (SSSR count). The van der Waals surface area contributed by atoms with Gasteiger partial charge in [-0.25, -0.2) is 10.2 Å². The van der Waals surface area contributed by atoms with E-state index in [1.165, 1.54) is 6.21 Å². The molecule has 0 saturated carbocycles. The monoisotopic (exact) mass is 369 g/mol. The van der Waals surface area contributed by atoms with Crippen molar-refractivity contribution >= 4 is 29.7 Å². The second kappa shape index (κ2) is 9.14. The van der Waals surface area contributed by atoms with Crippen molar-refractivity contribution < 1.29 is 24.2 Å². The van der Waals surface area contributed by atoms with Crippen molar-refractivity contribution in [2.75, 3.05) is 11.9 Å². The molecule has 0 aliphatic heterocycles. The first-order valence-electron chi connectivity index (χ1n) is 8.02. The fraction of sp³-hybridized carbons (Fsp3) is 0.158. The van der Waals surface area contributed by atoms with E-state index < -0.39 is 24.4 Å². The zero-order valence-corrected chi connectivity index (χ0v) is 14.9. The third-order valence-electron chi connectivity index (χ3n) is 3.61. The van der Waals surface area contributed by atoms with Crippen LogP contribution in [-0.2, 0) is 14.4 Å². The Morgan fingerprint density at radius 3 is 2.52 bits per heavy atom. The predicted octanol–water partition coefficient (Wildman–Crippen LogP) is 1.86. The van der Waals surface area contributed by atoms with Gasteiger partial charge in [-0.15, -0.1) is 0 Å². The van der Waals surface area contributed by atoms with E-state index in [1.54, 1.807) is 36.4 Å². The molecule has 3 N–H and O–H groups in total. The number of hydrazone groups is 1. The van der Waals surface area contributed by atoms with Gasteiger partial charge in [0.2, 0.25) is 0 Å². The number of aryl methyl sites for hydroxylation is 2. The maximum Gasteiger partial charge on any atom is 0.341 e. The number of carboxylic acids is 1. The highest BCUT2D eigenvalue weighted by Gasteiger charge is 2.13. The van der Waals surface area contributed by atoms with Crippen LogP contribution >= 0.6 is 0 Å². The maximum atomic E-state index is 11.9. The number of carbonyl (C=O) groups is 3. The number of hydrogen-bond donors (Lipinski definition) is 3. The van der Waals surface area contributed by atoms with Crippen LogP contribution in [-0.4, -0.2) is 35.7 Å². The van der Waals surface area contributed by atoms with E-state index in [1.807, 2.05) is 19.9 Å². The van der Waals surface area contributed by atoms with Gasteiger partial charge in [-0.3, -0.25) is 9.59 Å². The molecule has 0 aliphatic carbocycles. The summed E-state index contributed by atoms with van der Waals surface area (Å²) in [5.41, 5.74) is 5.14. The first-order valence-corrected chi connectivity index (χ1v) is 8.02. The topological polar surface area (TPSA) is 117 Å². The lowest BCUT2D eigenvalue weighted by molar-refractivity contribution is -0.139. The average molecular weight is 369 g/mol. The summed E-state index contributed by atoms with van der Waals surface area (Å²) in [6.07, 6.45) is 1.26. The van der Waals surface area contributed by atoms with Crippen LogP contribution in [0, 0.1) is 13.8 Å². The Labute approximate surface area is 155 Å². The van der Waals surface area contributed by atoms with Crippen LogP contribution in [0.1, 0.15) is 16.7 Å². The first kappa shape index (κ1) is 19.6. The summed E-state index contributed by atoms with van der Waals surface area (Å²) in [6.45, 7) is 3.34. The van der Waals surface area contributed by atoms with Gasteiger partial charge < -0.3 is 15.2 Å². The third-order valence-corrected chi connectivity index (χ3v) is 3.61. The molecule has 2 aromatic rings. The SMILES string of the molecule is Cc1ccc(NC(=O)C(=O)N/N=C\c2ccccc2OCC(=O)O)cc1C. The number of amides is 2. The molecule has 2 amide bonds. The quantitative estimate of drug-likeness (QED) is 0.408. The summed E-state index contributed by atoms with van der Waals surface area (Å²) >= 11 is 0. The smallest absolute Gasteiger partial charge is 0.341 e. The molecule has 8 heteroatoms. The molecule has 0 unspecified atom stereocenters. The van der Waals surface area contributed by atoms with Crippen molar-refractivity contribution in [1.82, 2.24) is 5.43 Å². The van der Waals surface area contributed by atoms with E-state index in [4.69, 9.17) is 9.84 Å². The summed E-state index contributed by atoms with van der Waals surface area (Å²) in [7, 11) is 0. The minimum absolute atomic E-state index is 0.289. The van der Waals surface area contributed by atoms with E-state index in [-0.39, 0.29) is 5.75 Å². The Balaban J connectivity index is 1.95. The van der Waals surface area contributed by atoms with Crippen molar-refractivity contribution in [2.45, 2.75) is 13.8 Å². The zero-order valence-electron chi connectivity index (χ0n) is 14.9. The summed E-state index contributed by atoms with van der Waals surface area (Å²) in [5.74, 6) is -2.62. The number of nitrogens with zero attached hydrogens (tertiary/aromatic N) is 1. The molecule has 0 spiro atoms. The predicted molar refractivity (Wildman–Crippen MR) is 99.9 cm³/mol. The molecule has 2 aromatic carbocycles. The molecule has 27 heavy (non-hydrogen) atoms. The van der Waals surface area contributed by atoms with Gasteiger partial charge in [-0.2, -0.15) is 5.10 Å². The van der Waals surface area contributed by atoms with Crippen molar-refractivity contribution in [2.24, 2.45) is 5.10 Å². The lowest BCUT2D eigenvalue weighted by atomic mass is 10.1. The number of anilines is 1. The molecule has 0 heterocycles. The Hall–Kier alpha value is -3.68. The van der Waals surface area contributed by atoms with Crippen LogP contribution in [0.2, 0.25) is 0 Å². The Bertz CT molecular complexity index is 893. The van der Waals surface area contributed by atoms with Crippen LogP contribution < -0.4 is 15.5 Å². The molecular weight excluding hydrogens is 350 g/mol. The van der Waals surface area contributed by atoms with Gasteiger partial charge in [0.15, 0.2) is 6.61 Å². The highest BCUT2D eigenvalue weighted by Crippen LogP contribution is 2.16. The number of hydrogen-bond acceptors (Lipinski definition) is 5. The van der Waals surface area contributed by atoms with E-state index in [0.29, 0.717) is 11.3 Å². The van der Waals surface area contributed by atoms with E-state index >= 15 is 0 Å². The molecule has 0 radical (unpaired) electrons. The molecule has 0 atom stereocenters. The summed E-state index contributed by atoms with van der Waals surface area (Å²) in [5, 5.41) is 14.9. The Kier molecular flexibility index (Phi) is 6.65. The second-order valence-corrected chi connectivity index (χ2v) is 5.67. The fourth-order valence-corrected chi connectivity index (χ4v) is 2.08. The van der Waals surface area contributed by atoms with Crippen LogP contribution in [0.25, 0.3) is 0 Å². The normalized spacial score (nSPS) is 10.4. The third kappa shape index (κ3) is 5.96. The van der Waals surface area contributed by atoms with Gasteiger partial charge in [0.05, 0.1) is 6.21 Å². The summed E-state index contributed by atoms with van der Waals surface area (Å²) in [6, 6.07) is 11.9. The van der Waals surface area contributed by atoms with Crippen LogP contribution in [0.3, 0.4) is 0 Å². The minimum atomic E-state index is -1.11. The first-order chi connectivity index (χ1) is 12.9. The minimum Gasteiger partial charge on any atom is -0.481 e. The molecule has 0 fully saturated rings. The lowest BCUT2D eigenvalue weighted by Crippen LogP contribution is -2.32. The number of nitrogens with one attached hydrogen (secondary N) is 2. The van der Waals surface area contributed by atoms with Gasteiger partial charge in [0.1, 0.15) is 5.75 Å². The molecule has 0 saturated heterocycles. The Morgan fingerprint density at radius 2 is 1.81 bits per heavy atom. The molecule has 0 aromatic heterocycles. The zero-order chi connectivity index (χ0) is 19.8. The van der Waals surface area contributed by atoms with Gasteiger partial charge >= 0.3 is 17.8 Å².